The van der Waals surface area contributed by atoms with Gasteiger partial charge in [-0.3, -0.25) is 10.1 Å². The van der Waals surface area contributed by atoms with E-state index in [1.54, 1.807) is 18.2 Å². The number of carbonyl (C=O) groups is 1. The van der Waals surface area contributed by atoms with Crippen molar-refractivity contribution in [1.82, 2.24) is 19.7 Å². The number of aryl methyl sites for hydroxylation is 2. The molecule has 0 saturated carbocycles. The lowest BCUT2D eigenvalue weighted by Gasteiger charge is -2.03. The number of hydrogen-bond acceptors (Lipinski definition) is 5. The van der Waals surface area contributed by atoms with Gasteiger partial charge in [-0.1, -0.05) is 41.1 Å². The first-order chi connectivity index (χ1) is 13.1. The van der Waals surface area contributed by atoms with E-state index in [9.17, 15) is 4.79 Å². The molecule has 1 amide bonds. The van der Waals surface area contributed by atoms with Crippen LogP contribution in [0.2, 0.25) is 5.02 Å². The second-order valence-electron chi connectivity index (χ2n) is 5.95. The molecule has 2 heterocycles. The lowest BCUT2D eigenvalue weighted by atomic mass is 10.2. The molecule has 0 aliphatic carbocycles. The van der Waals surface area contributed by atoms with Crippen molar-refractivity contribution in [2.75, 3.05) is 5.32 Å². The van der Waals surface area contributed by atoms with Crippen LogP contribution in [0.25, 0.3) is 21.6 Å². The molecule has 136 valence electrons. The Balaban J connectivity index is 1.58. The molecule has 0 aliphatic rings. The largest absolute Gasteiger partial charge is 0.329 e. The fourth-order valence-corrected chi connectivity index (χ4v) is 4.04. The van der Waals surface area contributed by atoms with Gasteiger partial charge in [0.15, 0.2) is 5.01 Å². The third-order valence-corrected chi connectivity index (χ3v) is 5.47. The molecule has 8 heteroatoms. The van der Waals surface area contributed by atoms with E-state index in [2.05, 4.69) is 32.0 Å². The molecule has 0 saturated heterocycles. The molecule has 0 spiro atoms. The number of carbonyl (C=O) groups excluding carboxylic acids is 1. The summed E-state index contributed by atoms with van der Waals surface area (Å²) >= 11 is 7.47. The highest BCUT2D eigenvalue weighted by Crippen LogP contribution is 2.31. The van der Waals surface area contributed by atoms with Crippen molar-refractivity contribution in [3.63, 3.8) is 0 Å². The van der Waals surface area contributed by atoms with Gasteiger partial charge in [0.2, 0.25) is 5.13 Å². The van der Waals surface area contributed by atoms with Crippen molar-refractivity contribution in [2.45, 2.75) is 20.4 Å². The van der Waals surface area contributed by atoms with E-state index < -0.39 is 0 Å². The third kappa shape index (κ3) is 3.31. The van der Waals surface area contributed by atoms with E-state index in [4.69, 9.17) is 11.6 Å². The average molecular weight is 398 g/mol. The maximum atomic E-state index is 12.6. The van der Waals surface area contributed by atoms with Crippen LogP contribution in [0.5, 0.6) is 0 Å². The van der Waals surface area contributed by atoms with Gasteiger partial charge in [0, 0.05) is 17.7 Å². The van der Waals surface area contributed by atoms with Crippen LogP contribution < -0.4 is 5.32 Å². The van der Waals surface area contributed by atoms with Gasteiger partial charge in [-0.05, 0) is 38.1 Å². The van der Waals surface area contributed by atoms with Crippen LogP contribution in [-0.4, -0.2) is 25.7 Å². The maximum Gasteiger partial charge on any atom is 0.257 e. The molecule has 0 unspecified atom stereocenters. The van der Waals surface area contributed by atoms with Crippen LogP contribution in [-0.2, 0) is 6.54 Å². The van der Waals surface area contributed by atoms with Gasteiger partial charge in [-0.2, -0.15) is 0 Å². The van der Waals surface area contributed by atoms with Crippen molar-refractivity contribution < 1.29 is 4.79 Å². The molecule has 2 aromatic heterocycles. The minimum absolute atomic E-state index is 0.248. The Hall–Kier alpha value is -2.77. The van der Waals surface area contributed by atoms with E-state index in [1.165, 1.54) is 11.3 Å². The predicted molar refractivity (Wildman–Crippen MR) is 108 cm³/mol. The Kier molecular flexibility index (Phi) is 4.63. The highest BCUT2D eigenvalue weighted by atomic mass is 35.5. The summed E-state index contributed by atoms with van der Waals surface area (Å²) in [6.07, 6.45) is 0. The van der Waals surface area contributed by atoms with E-state index in [-0.39, 0.29) is 5.91 Å². The van der Waals surface area contributed by atoms with Crippen molar-refractivity contribution in [3.8, 4) is 10.6 Å². The molecular formula is C19H16ClN5OS. The molecule has 0 radical (unpaired) electrons. The van der Waals surface area contributed by atoms with Gasteiger partial charge < -0.3 is 4.57 Å². The topological polar surface area (TPSA) is 72.7 Å². The minimum atomic E-state index is -0.248. The molecule has 2 aromatic carbocycles. The number of amides is 1. The number of rotatable bonds is 4. The molecule has 0 aliphatic heterocycles. The van der Waals surface area contributed by atoms with Crippen LogP contribution in [0, 0.1) is 6.92 Å². The van der Waals surface area contributed by atoms with Crippen LogP contribution in [0.1, 0.15) is 23.1 Å². The Labute approximate surface area is 164 Å². The number of benzene rings is 2. The smallest absolute Gasteiger partial charge is 0.257 e. The van der Waals surface area contributed by atoms with Gasteiger partial charge in [-0.15, -0.1) is 10.2 Å². The Morgan fingerprint density at radius 1 is 1.22 bits per heavy atom. The van der Waals surface area contributed by atoms with Gasteiger partial charge >= 0.3 is 0 Å². The number of imidazole rings is 1. The van der Waals surface area contributed by atoms with Gasteiger partial charge in [0.05, 0.1) is 16.1 Å². The lowest BCUT2D eigenvalue weighted by molar-refractivity contribution is 0.102. The van der Waals surface area contributed by atoms with E-state index >= 15 is 0 Å². The first-order valence-corrected chi connectivity index (χ1v) is 9.63. The second-order valence-corrected chi connectivity index (χ2v) is 7.34. The van der Waals surface area contributed by atoms with Crippen molar-refractivity contribution in [1.29, 1.82) is 0 Å². The third-order valence-electron chi connectivity index (χ3n) is 4.27. The lowest BCUT2D eigenvalue weighted by Crippen LogP contribution is -2.11. The summed E-state index contributed by atoms with van der Waals surface area (Å²) in [7, 11) is 0. The number of hydrogen-bond donors (Lipinski definition) is 1. The highest BCUT2D eigenvalue weighted by molar-refractivity contribution is 7.18. The number of aromatic nitrogens is 4. The first kappa shape index (κ1) is 17.6. The molecule has 0 atom stereocenters. The number of nitrogens with zero attached hydrogens (tertiary/aromatic N) is 4. The zero-order chi connectivity index (χ0) is 19.0. The van der Waals surface area contributed by atoms with Crippen LogP contribution in [0.4, 0.5) is 5.13 Å². The molecular weight excluding hydrogens is 382 g/mol. The highest BCUT2D eigenvalue weighted by Gasteiger charge is 2.14. The normalized spacial score (nSPS) is 11.1. The average Bonchev–Trinajstić information content (AvgIpc) is 3.24. The minimum Gasteiger partial charge on any atom is -0.329 e. The summed E-state index contributed by atoms with van der Waals surface area (Å²) in [5.74, 6) is 0.682. The quantitative estimate of drug-likeness (QED) is 0.537. The molecule has 1 N–H and O–H groups in total. The maximum absolute atomic E-state index is 12.6. The first-order valence-electron chi connectivity index (χ1n) is 8.43. The molecule has 0 bridgehead atoms. The Morgan fingerprint density at radius 2 is 2.04 bits per heavy atom. The monoisotopic (exact) mass is 397 g/mol. The van der Waals surface area contributed by atoms with E-state index in [1.807, 2.05) is 31.2 Å². The zero-order valence-electron chi connectivity index (χ0n) is 14.7. The Morgan fingerprint density at radius 3 is 2.81 bits per heavy atom. The van der Waals surface area contributed by atoms with Gasteiger partial charge in [0.1, 0.15) is 5.82 Å². The standard InChI is InChI=1S/C19H16ClN5OS/c1-3-25-11(2)21-15-10-12(8-9-16(15)25)17(26)22-19-24-23-18(27-19)13-6-4-5-7-14(13)20/h4-10H,3H2,1-2H3,(H,22,24,26). The van der Waals surface area contributed by atoms with Crippen molar-refractivity contribution >= 4 is 45.0 Å². The summed E-state index contributed by atoms with van der Waals surface area (Å²) < 4.78 is 2.11. The molecule has 4 rings (SSSR count). The number of halogens is 1. The predicted octanol–water partition coefficient (Wildman–Crippen LogP) is 4.79. The van der Waals surface area contributed by atoms with Crippen molar-refractivity contribution in [3.05, 3.63) is 58.9 Å². The van der Waals surface area contributed by atoms with Crippen LogP contribution >= 0.6 is 22.9 Å². The summed E-state index contributed by atoms with van der Waals surface area (Å²) in [5, 5.41) is 12.6. The summed E-state index contributed by atoms with van der Waals surface area (Å²) in [6, 6.07) is 12.9. The fraction of sp³-hybridized carbons (Fsp3) is 0.158. The summed E-state index contributed by atoms with van der Waals surface area (Å²) in [5.41, 5.74) is 3.14. The van der Waals surface area contributed by atoms with E-state index in [0.717, 1.165) is 29.0 Å². The number of fused-ring (bicyclic) bond motifs is 1. The summed E-state index contributed by atoms with van der Waals surface area (Å²) in [4.78, 5) is 17.1. The van der Waals surface area contributed by atoms with Gasteiger partial charge in [-0.25, -0.2) is 4.98 Å². The number of anilines is 1. The van der Waals surface area contributed by atoms with Gasteiger partial charge in [0.25, 0.3) is 5.91 Å². The van der Waals surface area contributed by atoms with E-state index in [0.29, 0.717) is 20.7 Å². The van der Waals surface area contributed by atoms with Crippen LogP contribution in [0.3, 0.4) is 0 Å². The fourth-order valence-electron chi connectivity index (χ4n) is 2.98. The van der Waals surface area contributed by atoms with Crippen LogP contribution in [0.15, 0.2) is 42.5 Å². The summed E-state index contributed by atoms with van der Waals surface area (Å²) in [6.45, 7) is 4.87. The molecule has 27 heavy (non-hydrogen) atoms. The van der Waals surface area contributed by atoms with Crippen molar-refractivity contribution in [2.24, 2.45) is 0 Å². The zero-order valence-corrected chi connectivity index (χ0v) is 16.3. The second kappa shape index (κ2) is 7.09. The number of nitrogens with one attached hydrogen (secondary N) is 1. The Bertz CT molecular complexity index is 1150. The molecule has 0 fully saturated rings. The molecule has 4 aromatic rings. The molecule has 6 nitrogen and oxygen atoms in total. The SMILES string of the molecule is CCn1c(C)nc2cc(C(=O)Nc3nnc(-c4ccccc4Cl)s3)ccc21.